The lowest BCUT2D eigenvalue weighted by atomic mass is 9.94. The third kappa shape index (κ3) is 2.68. The van der Waals surface area contributed by atoms with Crippen molar-refractivity contribution in [2.24, 2.45) is 5.92 Å². The Morgan fingerprint density at radius 3 is 2.77 bits per heavy atom. The number of hydrogen-bond donors (Lipinski definition) is 1. The fourth-order valence-corrected chi connectivity index (χ4v) is 1.22. The van der Waals surface area contributed by atoms with Crippen LogP contribution in [0, 0.1) is 5.92 Å². The summed E-state index contributed by atoms with van der Waals surface area (Å²) in [5, 5.41) is 2.85. The molecule has 0 saturated carbocycles. The Labute approximate surface area is 76.8 Å². The van der Waals surface area contributed by atoms with E-state index in [9.17, 15) is 8.78 Å². The van der Waals surface area contributed by atoms with Crippen molar-refractivity contribution in [2.75, 3.05) is 0 Å². The van der Waals surface area contributed by atoms with E-state index < -0.39 is 11.8 Å². The minimum Gasteiger partial charge on any atom is -0.363 e. The standard InChI is InChI=1S/C10H13F2N/c1-3-13-9-6-4-8(5-7-9)10(2,11)12/h3-4,6-8,13H,1,5H2,2H3. The normalized spacial score (nSPS) is 22.4. The maximum atomic E-state index is 12.8. The van der Waals surface area contributed by atoms with Crippen molar-refractivity contribution in [2.45, 2.75) is 19.3 Å². The summed E-state index contributed by atoms with van der Waals surface area (Å²) in [6.07, 6.45) is 6.85. The van der Waals surface area contributed by atoms with Gasteiger partial charge in [-0.2, -0.15) is 0 Å². The van der Waals surface area contributed by atoms with Crippen LogP contribution >= 0.6 is 0 Å². The first-order chi connectivity index (χ1) is 6.04. The van der Waals surface area contributed by atoms with Crippen LogP contribution in [0.2, 0.25) is 0 Å². The molecule has 0 radical (unpaired) electrons. The minimum absolute atomic E-state index is 0.371. The zero-order valence-corrected chi connectivity index (χ0v) is 7.56. The first-order valence-corrected chi connectivity index (χ1v) is 4.17. The predicted molar refractivity (Wildman–Crippen MR) is 49.3 cm³/mol. The van der Waals surface area contributed by atoms with E-state index in [2.05, 4.69) is 11.9 Å². The molecule has 0 saturated heterocycles. The molecule has 0 aromatic heterocycles. The second-order valence-electron chi connectivity index (χ2n) is 3.17. The third-order valence-electron chi connectivity index (χ3n) is 2.02. The van der Waals surface area contributed by atoms with Crippen molar-refractivity contribution < 1.29 is 8.78 Å². The van der Waals surface area contributed by atoms with Gasteiger partial charge in [-0.1, -0.05) is 18.7 Å². The lowest BCUT2D eigenvalue weighted by molar-refractivity contribution is -0.0202. The van der Waals surface area contributed by atoms with Gasteiger partial charge in [-0.25, -0.2) is 8.78 Å². The number of halogens is 2. The molecule has 0 amide bonds. The van der Waals surface area contributed by atoms with Crippen LogP contribution in [-0.4, -0.2) is 5.92 Å². The highest BCUT2D eigenvalue weighted by Crippen LogP contribution is 2.30. The van der Waals surface area contributed by atoms with Gasteiger partial charge in [0.25, 0.3) is 5.92 Å². The van der Waals surface area contributed by atoms with E-state index in [-0.39, 0.29) is 0 Å². The van der Waals surface area contributed by atoms with E-state index in [0.717, 1.165) is 12.6 Å². The molecule has 0 bridgehead atoms. The smallest absolute Gasteiger partial charge is 0.251 e. The van der Waals surface area contributed by atoms with E-state index in [4.69, 9.17) is 0 Å². The number of hydrogen-bond acceptors (Lipinski definition) is 1. The molecule has 0 aromatic rings. The monoisotopic (exact) mass is 185 g/mol. The fraction of sp³-hybridized carbons (Fsp3) is 0.400. The molecule has 1 N–H and O–H groups in total. The third-order valence-corrected chi connectivity index (χ3v) is 2.02. The summed E-state index contributed by atoms with van der Waals surface area (Å²) >= 11 is 0. The fourth-order valence-electron chi connectivity index (χ4n) is 1.22. The molecule has 1 atom stereocenters. The summed E-state index contributed by atoms with van der Waals surface area (Å²) in [7, 11) is 0. The summed E-state index contributed by atoms with van der Waals surface area (Å²) in [6.45, 7) is 4.43. The Morgan fingerprint density at radius 2 is 2.38 bits per heavy atom. The average Bonchev–Trinajstić information content (AvgIpc) is 2.04. The lowest BCUT2D eigenvalue weighted by Gasteiger charge is -2.22. The summed E-state index contributed by atoms with van der Waals surface area (Å²) in [5.74, 6) is -3.31. The maximum Gasteiger partial charge on any atom is 0.251 e. The Balaban J connectivity index is 2.58. The Bertz CT molecular complexity index is 248. The van der Waals surface area contributed by atoms with Crippen LogP contribution in [-0.2, 0) is 0 Å². The Morgan fingerprint density at radius 1 is 1.69 bits per heavy atom. The second-order valence-corrected chi connectivity index (χ2v) is 3.17. The van der Waals surface area contributed by atoms with Gasteiger partial charge in [0.2, 0.25) is 0 Å². The quantitative estimate of drug-likeness (QED) is 0.712. The topological polar surface area (TPSA) is 12.0 Å². The van der Waals surface area contributed by atoms with Crippen LogP contribution in [0.5, 0.6) is 0 Å². The molecule has 0 spiro atoms. The van der Waals surface area contributed by atoms with Crippen LogP contribution in [0.3, 0.4) is 0 Å². The summed E-state index contributed by atoms with van der Waals surface area (Å²) in [6, 6.07) is 0. The molecule has 13 heavy (non-hydrogen) atoms. The molecular formula is C10H13F2N. The molecule has 0 fully saturated rings. The van der Waals surface area contributed by atoms with Crippen LogP contribution in [0.15, 0.2) is 36.7 Å². The number of allylic oxidation sites excluding steroid dienone is 3. The molecular weight excluding hydrogens is 172 g/mol. The van der Waals surface area contributed by atoms with E-state index in [1.807, 2.05) is 0 Å². The second kappa shape index (κ2) is 3.73. The first kappa shape index (κ1) is 9.96. The first-order valence-electron chi connectivity index (χ1n) is 4.17. The van der Waals surface area contributed by atoms with Gasteiger partial charge in [0.05, 0.1) is 0 Å². The average molecular weight is 185 g/mol. The van der Waals surface area contributed by atoms with Gasteiger partial charge >= 0.3 is 0 Å². The molecule has 72 valence electrons. The molecule has 1 aliphatic carbocycles. The Kier molecular flexibility index (Phi) is 2.86. The SMILES string of the molecule is C=CNC1=CCC(C(C)(F)F)C=C1. The van der Waals surface area contributed by atoms with Crippen molar-refractivity contribution >= 4 is 0 Å². The van der Waals surface area contributed by atoms with Crippen LogP contribution in [0.4, 0.5) is 8.78 Å². The largest absolute Gasteiger partial charge is 0.363 e. The zero-order chi connectivity index (χ0) is 9.90. The van der Waals surface area contributed by atoms with Crippen molar-refractivity contribution in [1.82, 2.24) is 5.32 Å². The number of rotatable bonds is 3. The van der Waals surface area contributed by atoms with Crippen molar-refractivity contribution in [3.8, 4) is 0 Å². The number of nitrogens with one attached hydrogen (secondary N) is 1. The van der Waals surface area contributed by atoms with Gasteiger partial charge in [-0.3, -0.25) is 0 Å². The van der Waals surface area contributed by atoms with Gasteiger partial charge in [-0.05, 0) is 25.6 Å². The molecule has 1 rings (SSSR count). The highest BCUT2D eigenvalue weighted by Gasteiger charge is 2.32. The predicted octanol–water partition coefficient (Wildman–Crippen LogP) is 2.83. The van der Waals surface area contributed by atoms with Crippen molar-refractivity contribution in [3.63, 3.8) is 0 Å². The molecule has 1 nitrogen and oxygen atoms in total. The maximum absolute atomic E-state index is 12.8. The Hall–Kier alpha value is -1.12. The summed E-state index contributed by atoms with van der Waals surface area (Å²) in [5.41, 5.74) is 0.829. The lowest BCUT2D eigenvalue weighted by Crippen LogP contribution is -2.24. The van der Waals surface area contributed by atoms with E-state index in [1.165, 1.54) is 12.3 Å². The molecule has 1 aliphatic rings. The van der Waals surface area contributed by atoms with Crippen molar-refractivity contribution in [3.05, 3.63) is 36.7 Å². The summed E-state index contributed by atoms with van der Waals surface area (Å²) < 4.78 is 25.6. The highest BCUT2D eigenvalue weighted by molar-refractivity contribution is 5.24. The van der Waals surface area contributed by atoms with Gasteiger partial charge in [0.15, 0.2) is 0 Å². The van der Waals surface area contributed by atoms with E-state index >= 15 is 0 Å². The number of alkyl halides is 2. The molecule has 0 heterocycles. The van der Waals surface area contributed by atoms with Gasteiger partial charge in [-0.15, -0.1) is 0 Å². The highest BCUT2D eigenvalue weighted by atomic mass is 19.3. The summed E-state index contributed by atoms with van der Waals surface area (Å²) in [4.78, 5) is 0. The van der Waals surface area contributed by atoms with Gasteiger partial charge < -0.3 is 5.32 Å². The van der Waals surface area contributed by atoms with E-state index in [1.54, 1.807) is 12.2 Å². The molecule has 3 heteroatoms. The minimum atomic E-state index is -2.63. The van der Waals surface area contributed by atoms with Crippen LogP contribution in [0.1, 0.15) is 13.3 Å². The zero-order valence-electron chi connectivity index (χ0n) is 7.56. The van der Waals surface area contributed by atoms with Crippen LogP contribution in [0.25, 0.3) is 0 Å². The van der Waals surface area contributed by atoms with E-state index in [0.29, 0.717) is 6.42 Å². The van der Waals surface area contributed by atoms with Crippen LogP contribution < -0.4 is 5.32 Å². The van der Waals surface area contributed by atoms with Gasteiger partial charge in [0, 0.05) is 11.6 Å². The van der Waals surface area contributed by atoms with Gasteiger partial charge in [0.1, 0.15) is 0 Å². The molecule has 1 unspecified atom stereocenters. The molecule has 0 aliphatic heterocycles. The molecule has 0 aromatic carbocycles. The van der Waals surface area contributed by atoms with Crippen molar-refractivity contribution in [1.29, 1.82) is 0 Å².